The van der Waals surface area contributed by atoms with Crippen LogP contribution in [-0.4, -0.2) is 23.2 Å². The second-order valence-corrected chi connectivity index (χ2v) is 17.1. The summed E-state index contributed by atoms with van der Waals surface area (Å²) in [7, 11) is -3.47. The summed E-state index contributed by atoms with van der Waals surface area (Å²) >= 11 is 1.64. The first kappa shape index (κ1) is 20.9. The van der Waals surface area contributed by atoms with Gasteiger partial charge < -0.3 is 13.6 Å². The van der Waals surface area contributed by atoms with Gasteiger partial charge in [0.1, 0.15) is 5.76 Å². The van der Waals surface area contributed by atoms with Gasteiger partial charge in [-0.2, -0.15) is 0 Å². The number of allylic oxidation sites excluding steroid dienone is 1. The van der Waals surface area contributed by atoms with Crippen LogP contribution in [-0.2, 0) is 13.6 Å². The lowest BCUT2D eigenvalue weighted by Gasteiger charge is -2.24. The molecule has 0 saturated heterocycles. The first-order chi connectivity index (χ1) is 11.1. The van der Waals surface area contributed by atoms with Crippen molar-refractivity contribution in [3.8, 4) is 0 Å². The normalized spacial score (nSPS) is 13.6. The molecule has 1 aromatic rings. The van der Waals surface area contributed by atoms with Crippen LogP contribution in [0.3, 0.4) is 0 Å². The molecule has 0 atom stereocenters. The van der Waals surface area contributed by atoms with E-state index in [-0.39, 0.29) is 0 Å². The third-order valence-corrected chi connectivity index (χ3v) is 4.99. The van der Waals surface area contributed by atoms with Crippen LogP contribution in [0.5, 0.6) is 0 Å². The number of hydrogen-bond donors (Lipinski definition) is 0. The Hall–Kier alpha value is -1.12. The fourth-order valence-corrected chi connectivity index (χ4v) is 4.04. The average Bonchev–Trinajstić information content (AvgIpc) is 2.43. The van der Waals surface area contributed by atoms with Gasteiger partial charge in [-0.05, 0) is 58.3 Å². The van der Waals surface area contributed by atoms with Gasteiger partial charge in [-0.25, -0.2) is 0 Å². The molecule has 6 heteroatoms. The first-order valence-electron chi connectivity index (χ1n) is 8.23. The van der Waals surface area contributed by atoms with Gasteiger partial charge in [-0.15, -0.1) is 0 Å². The lowest BCUT2D eigenvalue weighted by Crippen LogP contribution is -2.27. The maximum absolute atomic E-state index is 6.21. The molecular weight excluding hydrogens is 352 g/mol. The third kappa shape index (κ3) is 9.90. The zero-order valence-corrected chi connectivity index (χ0v) is 18.7. The predicted octanol–water partition coefficient (Wildman–Crippen LogP) is 6.20. The maximum atomic E-state index is 6.21. The smallest absolute Gasteiger partial charge is 0.269 e. The quantitative estimate of drug-likeness (QED) is 0.220. The van der Waals surface area contributed by atoms with Crippen LogP contribution in [0.2, 0.25) is 39.3 Å². The summed E-state index contributed by atoms with van der Waals surface area (Å²) in [6.07, 6.45) is 1.88. The summed E-state index contributed by atoms with van der Waals surface area (Å²) in [5, 5.41) is 2.03. The van der Waals surface area contributed by atoms with Crippen LogP contribution < -0.4 is 0 Å². The van der Waals surface area contributed by atoms with Gasteiger partial charge in [0.15, 0.2) is 0 Å². The molecule has 0 saturated carbocycles. The van der Waals surface area contributed by atoms with Gasteiger partial charge in [-0.3, -0.25) is 0 Å². The summed E-state index contributed by atoms with van der Waals surface area (Å²) in [5.41, 5.74) is 0. The van der Waals surface area contributed by atoms with Crippen LogP contribution in [0, 0.1) is 0 Å². The minimum absolute atomic E-state index is 0.551. The molecule has 0 aromatic heterocycles. The lowest BCUT2D eigenvalue weighted by molar-refractivity contribution is 0.111. The molecule has 0 fully saturated rings. The van der Waals surface area contributed by atoms with Crippen molar-refractivity contribution in [1.82, 2.24) is 0 Å². The number of ether oxygens (including phenoxy) is 1. The lowest BCUT2D eigenvalue weighted by atomic mass is 10.4. The monoisotopic (exact) mass is 382 g/mol. The summed E-state index contributed by atoms with van der Waals surface area (Å²) < 4.78 is 17.9. The number of hydrogen-bond acceptors (Lipinski definition) is 4. The van der Waals surface area contributed by atoms with Crippen LogP contribution >= 0.6 is 11.8 Å². The predicted molar refractivity (Wildman–Crippen MR) is 109 cm³/mol. The second-order valence-electron chi connectivity index (χ2n) is 7.28. The van der Waals surface area contributed by atoms with Gasteiger partial charge in [0, 0.05) is 10.3 Å². The van der Waals surface area contributed by atoms with Crippen molar-refractivity contribution < 1.29 is 13.6 Å². The van der Waals surface area contributed by atoms with Crippen LogP contribution in [0.25, 0.3) is 0 Å². The Kier molecular flexibility index (Phi) is 8.19. The molecule has 0 radical (unpaired) electrons. The molecule has 0 bridgehead atoms. The highest BCUT2D eigenvalue weighted by molar-refractivity contribution is 8.02. The van der Waals surface area contributed by atoms with Crippen molar-refractivity contribution in [2.75, 3.05) is 6.61 Å². The molecule has 0 N–H and O–H groups in total. The van der Waals surface area contributed by atoms with E-state index in [1.165, 1.54) is 4.90 Å². The minimum Gasteiger partial charge on any atom is -0.544 e. The van der Waals surface area contributed by atoms with Crippen molar-refractivity contribution >= 4 is 28.4 Å². The molecule has 1 aromatic carbocycles. The summed E-state index contributed by atoms with van der Waals surface area (Å²) in [5.74, 6) is 1.35. The SMILES string of the molecule is CCO/C(=C/C(=C/Sc1ccccc1)O[Si](C)(C)C)O[Si](C)(C)C. The molecule has 3 nitrogen and oxygen atoms in total. The Morgan fingerprint density at radius 3 is 2.04 bits per heavy atom. The van der Waals surface area contributed by atoms with E-state index in [0.717, 1.165) is 5.76 Å². The van der Waals surface area contributed by atoms with E-state index in [4.69, 9.17) is 13.6 Å². The van der Waals surface area contributed by atoms with Gasteiger partial charge in [-0.1, -0.05) is 30.0 Å². The van der Waals surface area contributed by atoms with Crippen molar-refractivity contribution in [3.63, 3.8) is 0 Å². The van der Waals surface area contributed by atoms with E-state index in [9.17, 15) is 0 Å². The molecule has 0 heterocycles. The van der Waals surface area contributed by atoms with Crippen LogP contribution in [0.4, 0.5) is 0 Å². The average molecular weight is 383 g/mol. The highest BCUT2D eigenvalue weighted by Crippen LogP contribution is 2.24. The van der Waals surface area contributed by atoms with Crippen LogP contribution in [0.1, 0.15) is 6.92 Å². The largest absolute Gasteiger partial charge is 0.544 e. The fourth-order valence-electron chi connectivity index (χ4n) is 1.73. The molecule has 0 amide bonds. The van der Waals surface area contributed by atoms with Crippen molar-refractivity contribution in [2.45, 2.75) is 51.1 Å². The minimum atomic E-state index is -1.74. The Morgan fingerprint density at radius 2 is 1.54 bits per heavy atom. The number of benzene rings is 1. The first-order valence-corrected chi connectivity index (χ1v) is 15.9. The molecule has 0 aliphatic carbocycles. The summed E-state index contributed by atoms with van der Waals surface area (Å²) in [4.78, 5) is 1.17. The van der Waals surface area contributed by atoms with E-state index in [0.29, 0.717) is 12.6 Å². The molecule has 134 valence electrons. The molecule has 0 aliphatic rings. The molecule has 0 aliphatic heterocycles. The van der Waals surface area contributed by atoms with Crippen molar-refractivity contribution in [2.24, 2.45) is 0 Å². The molecule has 24 heavy (non-hydrogen) atoms. The van der Waals surface area contributed by atoms with E-state index in [2.05, 4.69) is 51.4 Å². The van der Waals surface area contributed by atoms with E-state index < -0.39 is 16.6 Å². The van der Waals surface area contributed by atoms with Gasteiger partial charge in [0.05, 0.1) is 12.7 Å². The number of thioether (sulfide) groups is 1. The van der Waals surface area contributed by atoms with Crippen molar-refractivity contribution in [3.05, 3.63) is 53.5 Å². The Bertz CT molecular complexity index is 558. The fraction of sp³-hybridized carbons (Fsp3) is 0.444. The standard InChI is InChI=1S/C18H30O3SSi2/c1-8-19-18(21-24(5,6)7)14-16(20-23(2,3)4)15-22-17-12-10-9-11-13-17/h9-15H,8H2,1-7H3/b16-15-,18-14-. The Morgan fingerprint density at radius 1 is 0.958 bits per heavy atom. The summed E-state index contributed by atoms with van der Waals surface area (Å²) in [6.45, 7) is 15.5. The zero-order valence-electron chi connectivity index (χ0n) is 15.9. The zero-order chi connectivity index (χ0) is 18.2. The van der Waals surface area contributed by atoms with Gasteiger partial charge in [0.2, 0.25) is 16.6 Å². The van der Waals surface area contributed by atoms with E-state index >= 15 is 0 Å². The molecular formula is C18H30O3SSi2. The highest BCUT2D eigenvalue weighted by atomic mass is 32.2. The number of rotatable bonds is 9. The molecule has 1 rings (SSSR count). The van der Waals surface area contributed by atoms with Crippen molar-refractivity contribution in [1.29, 1.82) is 0 Å². The van der Waals surface area contributed by atoms with Crippen LogP contribution in [0.15, 0.2) is 58.4 Å². The maximum Gasteiger partial charge on any atom is 0.269 e. The molecule has 0 unspecified atom stereocenters. The highest BCUT2D eigenvalue weighted by Gasteiger charge is 2.21. The Balaban J connectivity index is 3.03. The molecule has 0 spiro atoms. The van der Waals surface area contributed by atoms with Gasteiger partial charge in [0.25, 0.3) is 5.95 Å². The van der Waals surface area contributed by atoms with E-state index in [1.54, 1.807) is 11.8 Å². The Labute approximate surface area is 153 Å². The summed E-state index contributed by atoms with van der Waals surface area (Å²) in [6, 6.07) is 10.2. The topological polar surface area (TPSA) is 27.7 Å². The van der Waals surface area contributed by atoms with E-state index in [1.807, 2.05) is 36.6 Å². The van der Waals surface area contributed by atoms with Gasteiger partial charge >= 0.3 is 0 Å². The third-order valence-electron chi connectivity index (χ3n) is 2.43. The second kappa shape index (κ2) is 9.39.